The molecule has 1 aliphatic heterocycles. The molecule has 0 atom stereocenters. The van der Waals surface area contributed by atoms with E-state index in [4.69, 9.17) is 9.05 Å². The fraction of sp³-hybridized carbons (Fsp3) is 1.00. The first-order valence-electron chi connectivity index (χ1n) is 6.17. The first kappa shape index (κ1) is 15.4. The molecule has 0 radical (unpaired) electrons. The molecule has 1 fully saturated rings. The number of aliphatic hydroxyl groups is 1. The van der Waals surface area contributed by atoms with Crippen molar-refractivity contribution in [1.82, 2.24) is 0 Å². The first-order chi connectivity index (χ1) is 7.16. The van der Waals surface area contributed by atoms with Crippen molar-refractivity contribution < 1.29 is 14.2 Å². The molecule has 0 saturated carbocycles. The van der Waals surface area contributed by atoms with Crippen LogP contribution >= 0.6 is 7.72 Å². The van der Waals surface area contributed by atoms with Crippen LogP contribution in [0.5, 0.6) is 0 Å². The summed E-state index contributed by atoms with van der Waals surface area (Å²) in [4.78, 5) is 0. The van der Waals surface area contributed by atoms with Crippen LogP contribution in [-0.4, -0.2) is 33.7 Å². The van der Waals surface area contributed by atoms with Gasteiger partial charge in [-0.05, 0) is 55.4 Å². The van der Waals surface area contributed by atoms with Gasteiger partial charge in [-0.25, -0.2) is 0 Å². The van der Waals surface area contributed by atoms with Crippen LogP contribution in [-0.2, 0) is 9.05 Å². The SMILES string of the molecule is CC(C)(O)C(C)(C)[P+]1(C)OC(C)(C)C(C)(C)O1. The molecule has 0 aromatic rings. The van der Waals surface area contributed by atoms with E-state index in [0.29, 0.717) is 0 Å². The van der Waals surface area contributed by atoms with Gasteiger partial charge in [0.05, 0.1) is 0 Å². The van der Waals surface area contributed by atoms with Crippen LogP contribution < -0.4 is 0 Å². The number of hydrogen-bond acceptors (Lipinski definition) is 3. The van der Waals surface area contributed by atoms with Crippen LogP contribution in [0.4, 0.5) is 0 Å². The standard InChI is InChI=1S/C13H28O3P/c1-10(2,14)13(7,8)17(9)15-11(3,4)12(5,6)16-17/h14H,1-9H3/q+1. The minimum absolute atomic E-state index is 0.335. The van der Waals surface area contributed by atoms with Crippen LogP contribution in [0.25, 0.3) is 0 Å². The Labute approximate surface area is 106 Å². The lowest BCUT2D eigenvalue weighted by Gasteiger charge is -2.39. The average Bonchev–Trinajstić information content (AvgIpc) is 2.14. The molecule has 0 amide bonds. The zero-order valence-electron chi connectivity index (χ0n) is 12.7. The second kappa shape index (κ2) is 3.66. The fourth-order valence-corrected chi connectivity index (χ4v) is 5.50. The van der Waals surface area contributed by atoms with Gasteiger partial charge in [-0.3, -0.25) is 0 Å². The van der Waals surface area contributed by atoms with E-state index in [1.54, 1.807) is 0 Å². The molecule has 0 bridgehead atoms. The molecule has 1 saturated heterocycles. The van der Waals surface area contributed by atoms with Gasteiger partial charge >= 0.3 is 0 Å². The van der Waals surface area contributed by atoms with Gasteiger partial charge in [0, 0.05) is 0 Å². The lowest BCUT2D eigenvalue weighted by atomic mass is 9.90. The number of hydrogen-bond donors (Lipinski definition) is 1. The summed E-state index contributed by atoms with van der Waals surface area (Å²) in [5, 5.41) is 9.97. The van der Waals surface area contributed by atoms with E-state index < -0.39 is 18.5 Å². The summed E-state index contributed by atoms with van der Waals surface area (Å²) in [7, 11) is -2.14. The third-order valence-electron chi connectivity index (χ3n) is 4.77. The van der Waals surface area contributed by atoms with E-state index in [9.17, 15) is 5.11 Å². The van der Waals surface area contributed by atoms with Crippen molar-refractivity contribution in [2.45, 2.75) is 77.3 Å². The summed E-state index contributed by atoms with van der Waals surface area (Å²) in [5.41, 5.74) is -1.51. The summed E-state index contributed by atoms with van der Waals surface area (Å²) in [6.45, 7) is 17.9. The Hall–Kier alpha value is 0.310. The summed E-state index contributed by atoms with van der Waals surface area (Å²) >= 11 is 0. The van der Waals surface area contributed by atoms with Crippen molar-refractivity contribution in [3.8, 4) is 0 Å². The second-order valence-corrected chi connectivity index (χ2v) is 10.3. The normalized spacial score (nSPS) is 27.2. The van der Waals surface area contributed by atoms with E-state index in [1.807, 2.05) is 34.4 Å². The highest BCUT2D eigenvalue weighted by atomic mass is 31.2. The molecule has 17 heavy (non-hydrogen) atoms. The molecular weight excluding hydrogens is 235 g/mol. The minimum Gasteiger partial charge on any atom is -0.386 e. The lowest BCUT2D eigenvalue weighted by Crippen LogP contribution is -2.47. The summed E-state index contributed by atoms with van der Waals surface area (Å²) in [6, 6.07) is 0. The molecule has 0 aromatic carbocycles. The van der Waals surface area contributed by atoms with Crippen LogP contribution in [0, 0.1) is 0 Å². The van der Waals surface area contributed by atoms with Gasteiger partial charge in [-0.2, -0.15) is 9.05 Å². The van der Waals surface area contributed by atoms with E-state index in [1.165, 1.54) is 0 Å². The molecule has 4 heteroatoms. The van der Waals surface area contributed by atoms with Crippen molar-refractivity contribution >= 4 is 7.72 Å². The molecular formula is C13H28O3P+. The third-order valence-corrected chi connectivity index (χ3v) is 8.96. The van der Waals surface area contributed by atoms with Crippen molar-refractivity contribution in [1.29, 1.82) is 0 Å². The predicted molar refractivity (Wildman–Crippen MR) is 73.5 cm³/mol. The molecule has 0 spiro atoms. The second-order valence-electron chi connectivity index (χ2n) is 7.17. The molecule has 0 aromatic heterocycles. The summed E-state index contributed by atoms with van der Waals surface area (Å²) in [6.07, 6.45) is 0. The zero-order chi connectivity index (χ0) is 13.9. The molecule has 1 N–H and O–H groups in total. The maximum absolute atomic E-state index is 10.4. The molecule has 0 unspecified atom stereocenters. The van der Waals surface area contributed by atoms with E-state index >= 15 is 0 Å². The maximum Gasteiger partial charge on any atom is 0.282 e. The first-order valence-corrected chi connectivity index (χ1v) is 8.24. The van der Waals surface area contributed by atoms with Crippen molar-refractivity contribution in [2.75, 3.05) is 6.66 Å². The van der Waals surface area contributed by atoms with Crippen molar-refractivity contribution in [3.05, 3.63) is 0 Å². The van der Waals surface area contributed by atoms with Gasteiger partial charge in [0.2, 0.25) is 0 Å². The molecule has 3 nitrogen and oxygen atoms in total. The highest BCUT2D eigenvalue weighted by Crippen LogP contribution is 2.78. The lowest BCUT2D eigenvalue weighted by molar-refractivity contribution is 0.00578. The van der Waals surface area contributed by atoms with Crippen LogP contribution in [0.3, 0.4) is 0 Å². The van der Waals surface area contributed by atoms with Gasteiger partial charge in [0.1, 0.15) is 23.5 Å². The molecule has 102 valence electrons. The van der Waals surface area contributed by atoms with Gasteiger partial charge in [0.25, 0.3) is 7.72 Å². The van der Waals surface area contributed by atoms with Gasteiger partial charge in [-0.15, -0.1) is 0 Å². The average molecular weight is 263 g/mol. The highest BCUT2D eigenvalue weighted by Gasteiger charge is 2.71. The zero-order valence-corrected chi connectivity index (χ0v) is 13.6. The Kier molecular flexibility index (Phi) is 3.31. The molecule has 1 rings (SSSR count). The Bertz CT molecular complexity index is 297. The predicted octanol–water partition coefficient (Wildman–Crippen LogP) is 3.62. The Morgan fingerprint density at radius 1 is 0.882 bits per heavy atom. The molecule has 1 heterocycles. The van der Waals surface area contributed by atoms with Crippen molar-refractivity contribution in [2.24, 2.45) is 0 Å². The van der Waals surface area contributed by atoms with Gasteiger partial charge in [-0.1, -0.05) is 0 Å². The van der Waals surface area contributed by atoms with Gasteiger partial charge in [0.15, 0.2) is 5.16 Å². The Morgan fingerprint density at radius 3 is 1.41 bits per heavy atom. The van der Waals surface area contributed by atoms with Crippen molar-refractivity contribution in [3.63, 3.8) is 0 Å². The third kappa shape index (κ3) is 2.16. The van der Waals surface area contributed by atoms with E-state index in [2.05, 4.69) is 27.7 Å². The Balaban J connectivity index is 3.18. The summed E-state index contributed by atoms with van der Waals surface area (Å²) < 4.78 is 12.5. The quantitative estimate of drug-likeness (QED) is 0.773. The summed E-state index contributed by atoms with van der Waals surface area (Å²) in [5.74, 6) is 0. The smallest absolute Gasteiger partial charge is 0.282 e. The highest BCUT2D eigenvalue weighted by molar-refractivity contribution is 7.67. The van der Waals surface area contributed by atoms with Gasteiger partial charge < -0.3 is 5.11 Å². The minimum atomic E-state index is -2.14. The topological polar surface area (TPSA) is 38.7 Å². The van der Waals surface area contributed by atoms with E-state index in [-0.39, 0.29) is 11.2 Å². The van der Waals surface area contributed by atoms with Crippen LogP contribution in [0.1, 0.15) is 55.4 Å². The largest absolute Gasteiger partial charge is 0.386 e. The monoisotopic (exact) mass is 263 g/mol. The van der Waals surface area contributed by atoms with E-state index in [0.717, 1.165) is 0 Å². The van der Waals surface area contributed by atoms with Crippen LogP contribution in [0.2, 0.25) is 0 Å². The number of rotatable bonds is 2. The Morgan fingerprint density at radius 2 is 1.18 bits per heavy atom. The fourth-order valence-electron chi connectivity index (χ4n) is 1.83. The molecule has 0 aliphatic carbocycles. The maximum atomic E-state index is 10.4. The van der Waals surface area contributed by atoms with Crippen LogP contribution in [0.15, 0.2) is 0 Å². The molecule has 1 aliphatic rings.